The van der Waals surface area contributed by atoms with Gasteiger partial charge < -0.3 is 10.6 Å². The Kier molecular flexibility index (Phi) is 3.69. The molecule has 0 saturated carbocycles. The molecule has 0 aliphatic carbocycles. The average Bonchev–Trinajstić information content (AvgIpc) is 2.55. The number of aromatic nitrogens is 1. The Morgan fingerprint density at radius 1 is 1.44 bits per heavy atom. The predicted molar refractivity (Wildman–Crippen MR) is 71.1 cm³/mol. The van der Waals surface area contributed by atoms with E-state index < -0.39 is 0 Å². The molecule has 0 aromatic carbocycles. The minimum Gasteiger partial charge on any atom is -0.383 e. The van der Waals surface area contributed by atoms with Crippen molar-refractivity contribution in [2.45, 2.75) is 39.5 Å². The summed E-state index contributed by atoms with van der Waals surface area (Å²) in [4.78, 5) is 2.47. The van der Waals surface area contributed by atoms with Crippen molar-refractivity contribution in [1.29, 1.82) is 0 Å². The lowest BCUT2D eigenvalue weighted by molar-refractivity contribution is 0.459. The lowest BCUT2D eigenvalue weighted by Crippen LogP contribution is -2.23. The summed E-state index contributed by atoms with van der Waals surface area (Å²) in [7, 11) is 0. The van der Waals surface area contributed by atoms with E-state index in [4.69, 9.17) is 5.73 Å². The summed E-state index contributed by atoms with van der Waals surface area (Å²) >= 11 is 1.55. The van der Waals surface area contributed by atoms with Crippen molar-refractivity contribution in [3.05, 3.63) is 5.56 Å². The fourth-order valence-electron chi connectivity index (χ4n) is 2.41. The van der Waals surface area contributed by atoms with Crippen LogP contribution in [0.1, 0.15) is 38.2 Å². The summed E-state index contributed by atoms with van der Waals surface area (Å²) in [6, 6.07) is 0. The van der Waals surface area contributed by atoms with Crippen LogP contribution in [0.25, 0.3) is 0 Å². The molecule has 1 unspecified atom stereocenters. The Labute approximate surface area is 102 Å². The fourth-order valence-corrected chi connectivity index (χ4v) is 3.27. The summed E-state index contributed by atoms with van der Waals surface area (Å²) in [5.41, 5.74) is 6.98. The third-order valence-electron chi connectivity index (χ3n) is 3.65. The van der Waals surface area contributed by atoms with Crippen LogP contribution in [0.5, 0.6) is 0 Å². The van der Waals surface area contributed by atoms with E-state index in [1.54, 1.807) is 11.5 Å². The van der Waals surface area contributed by atoms with Crippen LogP contribution >= 0.6 is 11.5 Å². The van der Waals surface area contributed by atoms with E-state index >= 15 is 0 Å². The SMILES string of the molecule is CCC1CCCN(c2snc(N)c2C)CC1. The lowest BCUT2D eigenvalue weighted by atomic mass is 9.98. The van der Waals surface area contributed by atoms with Gasteiger partial charge in [0.15, 0.2) is 0 Å². The highest BCUT2D eigenvalue weighted by atomic mass is 32.1. The number of nitrogen functional groups attached to an aromatic ring is 1. The second kappa shape index (κ2) is 5.04. The highest BCUT2D eigenvalue weighted by Crippen LogP contribution is 2.32. The first kappa shape index (κ1) is 11.7. The van der Waals surface area contributed by atoms with Crippen LogP contribution in [0, 0.1) is 12.8 Å². The lowest BCUT2D eigenvalue weighted by Gasteiger charge is -2.21. The van der Waals surface area contributed by atoms with Gasteiger partial charge in [0.1, 0.15) is 10.8 Å². The molecular weight excluding hydrogens is 218 g/mol. The molecular formula is C12H21N3S. The molecule has 1 aliphatic rings. The molecule has 0 bridgehead atoms. The summed E-state index contributed by atoms with van der Waals surface area (Å²) in [5.74, 6) is 1.62. The molecule has 1 aliphatic heterocycles. The van der Waals surface area contributed by atoms with Crippen molar-refractivity contribution in [3.8, 4) is 0 Å². The Morgan fingerprint density at radius 3 is 2.88 bits per heavy atom. The zero-order chi connectivity index (χ0) is 11.5. The van der Waals surface area contributed by atoms with E-state index in [0.717, 1.165) is 5.92 Å². The number of rotatable bonds is 2. The molecule has 2 rings (SSSR count). The fraction of sp³-hybridized carbons (Fsp3) is 0.750. The Balaban J connectivity index is 2.07. The van der Waals surface area contributed by atoms with E-state index in [2.05, 4.69) is 23.1 Å². The topological polar surface area (TPSA) is 42.2 Å². The molecule has 1 saturated heterocycles. The molecule has 0 spiro atoms. The number of anilines is 2. The summed E-state index contributed by atoms with van der Waals surface area (Å²) < 4.78 is 4.24. The minimum atomic E-state index is 0.705. The molecule has 3 nitrogen and oxygen atoms in total. The number of nitrogens with two attached hydrogens (primary N) is 1. The zero-order valence-corrected chi connectivity index (χ0v) is 11.0. The smallest absolute Gasteiger partial charge is 0.142 e. The van der Waals surface area contributed by atoms with Gasteiger partial charge >= 0.3 is 0 Å². The molecule has 1 fully saturated rings. The summed E-state index contributed by atoms with van der Waals surface area (Å²) in [5, 5.41) is 1.29. The van der Waals surface area contributed by atoms with Crippen LogP contribution < -0.4 is 10.6 Å². The van der Waals surface area contributed by atoms with Crippen molar-refractivity contribution in [3.63, 3.8) is 0 Å². The molecule has 0 amide bonds. The first-order valence-corrected chi connectivity index (χ1v) is 6.96. The number of nitrogens with zero attached hydrogens (tertiary/aromatic N) is 2. The average molecular weight is 239 g/mol. The maximum atomic E-state index is 5.81. The Hall–Kier alpha value is -0.770. The molecule has 2 heterocycles. The standard InChI is InChI=1S/C12H21N3S/c1-3-10-5-4-7-15(8-6-10)12-9(2)11(13)14-16-12/h10H,3-8H2,1-2H3,(H2,13,14). The second-order valence-electron chi connectivity index (χ2n) is 4.69. The third-order valence-corrected chi connectivity index (χ3v) is 4.67. The van der Waals surface area contributed by atoms with Gasteiger partial charge in [-0.25, -0.2) is 0 Å². The maximum absolute atomic E-state index is 5.81. The Bertz CT molecular complexity index is 348. The number of hydrogen-bond acceptors (Lipinski definition) is 4. The summed E-state index contributed by atoms with van der Waals surface area (Å²) in [6.07, 6.45) is 5.31. The highest BCUT2D eigenvalue weighted by Gasteiger charge is 2.19. The van der Waals surface area contributed by atoms with Gasteiger partial charge in [0.05, 0.1) is 0 Å². The van der Waals surface area contributed by atoms with E-state index in [-0.39, 0.29) is 0 Å². The largest absolute Gasteiger partial charge is 0.383 e. The van der Waals surface area contributed by atoms with Crippen LogP contribution in [-0.4, -0.2) is 17.5 Å². The van der Waals surface area contributed by atoms with Gasteiger partial charge in [-0.05, 0) is 43.6 Å². The third kappa shape index (κ3) is 2.32. The molecule has 1 atom stereocenters. The van der Waals surface area contributed by atoms with Crippen LogP contribution in [-0.2, 0) is 0 Å². The zero-order valence-electron chi connectivity index (χ0n) is 10.2. The van der Waals surface area contributed by atoms with Crippen LogP contribution in [0.2, 0.25) is 0 Å². The van der Waals surface area contributed by atoms with E-state index in [1.165, 1.54) is 49.3 Å². The van der Waals surface area contributed by atoms with Gasteiger partial charge in [-0.15, -0.1) is 0 Å². The highest BCUT2D eigenvalue weighted by molar-refractivity contribution is 7.10. The quantitative estimate of drug-likeness (QED) is 0.862. The Morgan fingerprint density at radius 2 is 2.25 bits per heavy atom. The van der Waals surface area contributed by atoms with Crippen LogP contribution in [0.15, 0.2) is 0 Å². The van der Waals surface area contributed by atoms with Crippen LogP contribution in [0.3, 0.4) is 0 Å². The molecule has 1 aromatic rings. The van der Waals surface area contributed by atoms with Gasteiger partial charge in [0.2, 0.25) is 0 Å². The first-order valence-electron chi connectivity index (χ1n) is 6.19. The predicted octanol–water partition coefficient (Wildman–Crippen LogP) is 3.05. The normalized spacial score (nSPS) is 22.1. The first-order chi connectivity index (χ1) is 7.72. The van der Waals surface area contributed by atoms with Crippen molar-refractivity contribution >= 4 is 22.4 Å². The monoisotopic (exact) mass is 239 g/mol. The molecule has 2 N–H and O–H groups in total. The van der Waals surface area contributed by atoms with Crippen molar-refractivity contribution < 1.29 is 0 Å². The molecule has 16 heavy (non-hydrogen) atoms. The van der Waals surface area contributed by atoms with Crippen molar-refractivity contribution in [1.82, 2.24) is 4.37 Å². The van der Waals surface area contributed by atoms with Gasteiger partial charge in [-0.1, -0.05) is 13.3 Å². The molecule has 4 heteroatoms. The van der Waals surface area contributed by atoms with E-state index in [1.807, 2.05) is 0 Å². The minimum absolute atomic E-state index is 0.705. The second-order valence-corrected chi connectivity index (χ2v) is 5.44. The van der Waals surface area contributed by atoms with Gasteiger partial charge in [-0.3, -0.25) is 0 Å². The summed E-state index contributed by atoms with van der Waals surface area (Å²) in [6.45, 7) is 6.71. The van der Waals surface area contributed by atoms with Gasteiger partial charge in [-0.2, -0.15) is 4.37 Å². The van der Waals surface area contributed by atoms with Gasteiger partial charge in [0.25, 0.3) is 0 Å². The van der Waals surface area contributed by atoms with Crippen molar-refractivity contribution in [2.24, 2.45) is 5.92 Å². The van der Waals surface area contributed by atoms with Gasteiger partial charge in [0, 0.05) is 18.7 Å². The maximum Gasteiger partial charge on any atom is 0.142 e. The molecule has 0 radical (unpaired) electrons. The van der Waals surface area contributed by atoms with E-state index in [0.29, 0.717) is 5.82 Å². The molecule has 1 aromatic heterocycles. The molecule has 90 valence electrons. The van der Waals surface area contributed by atoms with Crippen LogP contribution in [0.4, 0.5) is 10.8 Å². The van der Waals surface area contributed by atoms with Crippen molar-refractivity contribution in [2.75, 3.05) is 23.7 Å². The number of hydrogen-bond donors (Lipinski definition) is 1. The van der Waals surface area contributed by atoms with E-state index in [9.17, 15) is 0 Å².